The van der Waals surface area contributed by atoms with Gasteiger partial charge in [-0.25, -0.2) is 0 Å². The van der Waals surface area contributed by atoms with E-state index < -0.39 is 6.10 Å². The van der Waals surface area contributed by atoms with Crippen molar-refractivity contribution in [1.82, 2.24) is 0 Å². The highest BCUT2D eigenvalue weighted by atomic mass is 16.7. The lowest BCUT2D eigenvalue weighted by Crippen LogP contribution is -2.30. The van der Waals surface area contributed by atoms with Gasteiger partial charge in [0.05, 0.1) is 0 Å². The third-order valence-electron chi connectivity index (χ3n) is 4.55. The summed E-state index contributed by atoms with van der Waals surface area (Å²) in [6, 6.07) is 10.6. The topological polar surface area (TPSA) is 85.9 Å². The monoisotopic (exact) mass is 398 g/mol. The number of carbonyl (C=O) groups is 2. The Labute approximate surface area is 170 Å². The Morgan fingerprint density at radius 2 is 1.90 bits per heavy atom. The molecule has 3 rings (SSSR count). The van der Waals surface area contributed by atoms with Crippen molar-refractivity contribution in [2.45, 2.75) is 46.1 Å². The lowest BCUT2D eigenvalue weighted by atomic mass is 10.1. The van der Waals surface area contributed by atoms with E-state index in [2.05, 4.69) is 10.6 Å². The Morgan fingerprint density at radius 3 is 2.66 bits per heavy atom. The maximum Gasteiger partial charge on any atom is 0.265 e. The zero-order valence-electron chi connectivity index (χ0n) is 16.9. The van der Waals surface area contributed by atoms with Gasteiger partial charge in [0.25, 0.3) is 5.91 Å². The summed E-state index contributed by atoms with van der Waals surface area (Å²) in [4.78, 5) is 24.4. The van der Waals surface area contributed by atoms with Crippen LogP contribution in [0.4, 0.5) is 11.4 Å². The molecule has 7 nitrogen and oxygen atoms in total. The molecule has 2 aromatic carbocycles. The Bertz CT molecular complexity index is 897. The smallest absolute Gasteiger partial charge is 0.265 e. The van der Waals surface area contributed by atoms with Gasteiger partial charge in [0.15, 0.2) is 17.6 Å². The number of anilines is 2. The molecule has 0 spiro atoms. The molecule has 2 N–H and O–H groups in total. The van der Waals surface area contributed by atoms with E-state index in [-0.39, 0.29) is 18.6 Å². The molecule has 1 aliphatic heterocycles. The molecule has 0 fully saturated rings. The van der Waals surface area contributed by atoms with Crippen molar-refractivity contribution in [3.63, 3.8) is 0 Å². The van der Waals surface area contributed by atoms with Crippen molar-refractivity contribution in [3.05, 3.63) is 42.0 Å². The van der Waals surface area contributed by atoms with Crippen LogP contribution in [0.3, 0.4) is 0 Å². The third kappa shape index (κ3) is 5.40. The Balaban J connectivity index is 1.56. The highest BCUT2D eigenvalue weighted by Crippen LogP contribution is 2.35. The van der Waals surface area contributed by atoms with Crippen LogP contribution in [-0.2, 0) is 9.59 Å². The molecule has 154 valence electrons. The lowest BCUT2D eigenvalue weighted by Gasteiger charge is -2.16. The molecule has 7 heteroatoms. The summed E-state index contributed by atoms with van der Waals surface area (Å²) in [7, 11) is 0. The average molecular weight is 398 g/mol. The SMILES string of the molecule is CCCCC(=O)Nc1ccc(NC(=O)[C@@H](C)Oc2ccc3c(c2)OCO3)cc1C. The maximum atomic E-state index is 12.5. The first kappa shape index (κ1) is 20.5. The van der Waals surface area contributed by atoms with Crippen LogP contribution in [0.5, 0.6) is 17.2 Å². The second kappa shape index (κ2) is 9.32. The second-order valence-corrected chi connectivity index (χ2v) is 6.95. The average Bonchev–Trinajstić information content (AvgIpc) is 3.16. The second-order valence-electron chi connectivity index (χ2n) is 6.95. The molecule has 0 unspecified atom stereocenters. The Hall–Kier alpha value is -3.22. The van der Waals surface area contributed by atoms with Crippen LogP contribution < -0.4 is 24.8 Å². The van der Waals surface area contributed by atoms with Crippen molar-refractivity contribution < 1.29 is 23.8 Å². The van der Waals surface area contributed by atoms with E-state index in [0.717, 1.165) is 24.1 Å². The normalized spacial score (nSPS) is 12.9. The summed E-state index contributed by atoms with van der Waals surface area (Å²) in [6.45, 7) is 5.79. The van der Waals surface area contributed by atoms with Crippen molar-refractivity contribution in [2.75, 3.05) is 17.4 Å². The number of unbranched alkanes of at least 4 members (excludes halogenated alkanes) is 1. The van der Waals surface area contributed by atoms with E-state index >= 15 is 0 Å². The van der Waals surface area contributed by atoms with Crippen LogP contribution in [0.15, 0.2) is 36.4 Å². The minimum Gasteiger partial charge on any atom is -0.481 e. The van der Waals surface area contributed by atoms with E-state index in [4.69, 9.17) is 14.2 Å². The van der Waals surface area contributed by atoms with Gasteiger partial charge in [-0.2, -0.15) is 0 Å². The minimum atomic E-state index is -0.705. The molecule has 1 aliphatic rings. The fraction of sp³-hybridized carbons (Fsp3) is 0.364. The van der Waals surface area contributed by atoms with Crippen LogP contribution in [0.25, 0.3) is 0 Å². The molecule has 0 aromatic heterocycles. The number of ether oxygens (including phenoxy) is 3. The molecular weight excluding hydrogens is 372 g/mol. The molecule has 0 bridgehead atoms. The molecule has 0 radical (unpaired) electrons. The van der Waals surface area contributed by atoms with Gasteiger partial charge in [-0.15, -0.1) is 0 Å². The van der Waals surface area contributed by atoms with Gasteiger partial charge in [0, 0.05) is 23.9 Å². The predicted octanol–water partition coefficient (Wildman–Crippen LogP) is 4.26. The molecule has 1 heterocycles. The summed E-state index contributed by atoms with van der Waals surface area (Å²) < 4.78 is 16.3. The highest BCUT2D eigenvalue weighted by molar-refractivity contribution is 5.95. The van der Waals surface area contributed by atoms with Gasteiger partial charge < -0.3 is 24.8 Å². The number of amides is 2. The number of fused-ring (bicyclic) bond motifs is 1. The highest BCUT2D eigenvalue weighted by Gasteiger charge is 2.18. The predicted molar refractivity (Wildman–Crippen MR) is 111 cm³/mol. The lowest BCUT2D eigenvalue weighted by molar-refractivity contribution is -0.122. The molecule has 0 saturated carbocycles. The van der Waals surface area contributed by atoms with Crippen LogP contribution in [-0.4, -0.2) is 24.7 Å². The number of hydrogen-bond acceptors (Lipinski definition) is 5. The summed E-state index contributed by atoms with van der Waals surface area (Å²) in [5, 5.41) is 5.74. The Kier molecular flexibility index (Phi) is 6.59. The zero-order valence-corrected chi connectivity index (χ0v) is 16.9. The number of nitrogens with one attached hydrogen (secondary N) is 2. The van der Waals surface area contributed by atoms with Crippen LogP contribution >= 0.6 is 0 Å². The van der Waals surface area contributed by atoms with Crippen molar-refractivity contribution in [1.29, 1.82) is 0 Å². The standard InChI is InChI=1S/C22H26N2O5/c1-4-5-6-21(25)24-18-9-7-16(11-14(18)2)23-22(26)15(3)29-17-8-10-19-20(12-17)28-13-27-19/h7-12,15H,4-6,13H2,1-3H3,(H,23,26)(H,24,25)/t15-/m1/s1. The Morgan fingerprint density at radius 1 is 1.10 bits per heavy atom. The molecule has 29 heavy (non-hydrogen) atoms. The number of benzene rings is 2. The summed E-state index contributed by atoms with van der Waals surface area (Å²) in [5.41, 5.74) is 2.26. The molecule has 0 saturated heterocycles. The first-order chi connectivity index (χ1) is 14.0. The zero-order chi connectivity index (χ0) is 20.8. The number of rotatable bonds is 8. The van der Waals surface area contributed by atoms with Crippen molar-refractivity contribution >= 4 is 23.2 Å². The van der Waals surface area contributed by atoms with E-state index in [1.165, 1.54) is 0 Å². The van der Waals surface area contributed by atoms with E-state index in [1.54, 1.807) is 37.3 Å². The quantitative estimate of drug-likeness (QED) is 0.694. The van der Waals surface area contributed by atoms with Crippen LogP contribution in [0, 0.1) is 6.92 Å². The van der Waals surface area contributed by atoms with Gasteiger partial charge in [-0.1, -0.05) is 13.3 Å². The molecule has 0 aliphatic carbocycles. The van der Waals surface area contributed by atoms with E-state index in [1.807, 2.05) is 19.9 Å². The number of aryl methyl sites for hydroxylation is 1. The van der Waals surface area contributed by atoms with Gasteiger partial charge in [-0.05, 0) is 56.2 Å². The largest absolute Gasteiger partial charge is 0.481 e. The van der Waals surface area contributed by atoms with Gasteiger partial charge in [-0.3, -0.25) is 9.59 Å². The fourth-order valence-electron chi connectivity index (χ4n) is 2.88. The van der Waals surface area contributed by atoms with Crippen molar-refractivity contribution in [2.24, 2.45) is 0 Å². The first-order valence-corrected chi connectivity index (χ1v) is 9.74. The molecule has 2 amide bonds. The number of carbonyl (C=O) groups excluding carboxylic acids is 2. The molecule has 1 atom stereocenters. The summed E-state index contributed by atoms with van der Waals surface area (Å²) in [5.74, 6) is 1.51. The van der Waals surface area contributed by atoms with E-state index in [0.29, 0.717) is 29.4 Å². The maximum absolute atomic E-state index is 12.5. The first-order valence-electron chi connectivity index (χ1n) is 9.74. The third-order valence-corrected chi connectivity index (χ3v) is 4.55. The summed E-state index contributed by atoms with van der Waals surface area (Å²) in [6.07, 6.45) is 1.64. The van der Waals surface area contributed by atoms with Crippen LogP contribution in [0.2, 0.25) is 0 Å². The molecular formula is C22H26N2O5. The van der Waals surface area contributed by atoms with Gasteiger partial charge >= 0.3 is 0 Å². The van der Waals surface area contributed by atoms with Crippen molar-refractivity contribution in [3.8, 4) is 17.2 Å². The minimum absolute atomic E-state index is 0.00233. The van der Waals surface area contributed by atoms with Gasteiger partial charge in [0.2, 0.25) is 12.7 Å². The fourth-order valence-corrected chi connectivity index (χ4v) is 2.88. The van der Waals surface area contributed by atoms with Gasteiger partial charge in [0.1, 0.15) is 5.75 Å². The van der Waals surface area contributed by atoms with Crippen LogP contribution in [0.1, 0.15) is 38.7 Å². The van der Waals surface area contributed by atoms with E-state index in [9.17, 15) is 9.59 Å². The number of hydrogen-bond donors (Lipinski definition) is 2. The summed E-state index contributed by atoms with van der Waals surface area (Å²) >= 11 is 0. The molecule has 2 aromatic rings.